The number of esters is 1. The number of carbonyl (C=O) groups is 1. The highest BCUT2D eigenvalue weighted by Crippen LogP contribution is 2.20. The van der Waals surface area contributed by atoms with E-state index in [0.717, 1.165) is 16.6 Å². The zero-order valence-electron chi connectivity index (χ0n) is 15.6. The molecule has 2 aromatic carbocycles. The molecule has 0 atom stereocenters. The van der Waals surface area contributed by atoms with Crippen LogP contribution in [0.4, 0.5) is 0 Å². The molecular weight excluding hydrogens is 358 g/mol. The minimum atomic E-state index is -0.461. The quantitative estimate of drug-likeness (QED) is 0.475. The van der Waals surface area contributed by atoms with Gasteiger partial charge in [0.15, 0.2) is 6.61 Å². The van der Waals surface area contributed by atoms with Crippen molar-refractivity contribution in [3.05, 3.63) is 60.0 Å². The van der Waals surface area contributed by atoms with E-state index in [0.29, 0.717) is 11.7 Å². The van der Waals surface area contributed by atoms with Crippen molar-refractivity contribution in [1.82, 2.24) is 25.1 Å². The third kappa shape index (κ3) is 3.75. The van der Waals surface area contributed by atoms with E-state index in [1.807, 2.05) is 48.5 Å². The number of rotatable bonds is 6. The smallest absolute Gasteiger partial charge is 0.328 e. The van der Waals surface area contributed by atoms with Gasteiger partial charge in [0, 0.05) is 5.56 Å². The first-order valence-electron chi connectivity index (χ1n) is 8.97. The predicted octanol–water partition coefficient (Wildman–Crippen LogP) is 3.35. The van der Waals surface area contributed by atoms with Gasteiger partial charge in [0.25, 0.3) is 5.89 Å². The maximum Gasteiger partial charge on any atom is 0.328 e. The lowest BCUT2D eigenvalue weighted by atomic mass is 10.0. The summed E-state index contributed by atoms with van der Waals surface area (Å²) in [7, 11) is 0. The fraction of sp³-hybridized carbons (Fsp3) is 0.250. The number of fused-ring (bicyclic) bond motifs is 1. The van der Waals surface area contributed by atoms with Gasteiger partial charge in [0.05, 0.1) is 5.52 Å². The highest BCUT2D eigenvalue weighted by molar-refractivity contribution is 5.76. The third-order valence-electron chi connectivity index (χ3n) is 4.36. The molecule has 0 spiro atoms. The van der Waals surface area contributed by atoms with Gasteiger partial charge in [-0.2, -0.15) is 4.98 Å². The molecule has 0 radical (unpaired) electrons. The lowest BCUT2D eigenvalue weighted by molar-refractivity contribution is -0.146. The molecule has 0 bridgehead atoms. The van der Waals surface area contributed by atoms with Crippen molar-refractivity contribution in [3.63, 3.8) is 0 Å². The van der Waals surface area contributed by atoms with Crippen molar-refractivity contribution in [1.29, 1.82) is 0 Å². The van der Waals surface area contributed by atoms with Crippen LogP contribution in [0.15, 0.2) is 53.1 Å². The lowest BCUT2D eigenvalue weighted by Gasteiger charge is -2.04. The van der Waals surface area contributed by atoms with Crippen molar-refractivity contribution < 1.29 is 14.1 Å². The Bertz CT molecular complexity index is 1100. The second-order valence-corrected chi connectivity index (χ2v) is 6.68. The minimum absolute atomic E-state index is 0.0435. The highest BCUT2D eigenvalue weighted by Gasteiger charge is 2.13. The molecule has 4 rings (SSSR count). The topological polar surface area (TPSA) is 95.9 Å². The van der Waals surface area contributed by atoms with Crippen molar-refractivity contribution in [2.45, 2.75) is 32.9 Å². The Morgan fingerprint density at radius 3 is 2.71 bits per heavy atom. The van der Waals surface area contributed by atoms with Gasteiger partial charge in [0.2, 0.25) is 5.82 Å². The van der Waals surface area contributed by atoms with E-state index in [1.165, 1.54) is 10.2 Å². The van der Waals surface area contributed by atoms with Crippen LogP contribution in [0.25, 0.3) is 22.4 Å². The van der Waals surface area contributed by atoms with E-state index in [1.54, 1.807) is 0 Å². The van der Waals surface area contributed by atoms with Gasteiger partial charge in [0.1, 0.15) is 12.1 Å². The Balaban J connectivity index is 1.37. The number of para-hydroxylation sites is 1. The van der Waals surface area contributed by atoms with Gasteiger partial charge in [-0.1, -0.05) is 60.6 Å². The molecular formula is C20H19N5O3. The van der Waals surface area contributed by atoms with E-state index in [4.69, 9.17) is 9.26 Å². The van der Waals surface area contributed by atoms with E-state index >= 15 is 0 Å². The van der Waals surface area contributed by atoms with Crippen LogP contribution in [0.5, 0.6) is 0 Å². The number of benzene rings is 2. The molecule has 0 aliphatic heterocycles. The fourth-order valence-corrected chi connectivity index (χ4v) is 2.79. The van der Waals surface area contributed by atoms with Crippen LogP contribution in [-0.2, 0) is 22.7 Å². The van der Waals surface area contributed by atoms with Gasteiger partial charge in [-0.15, -0.1) is 5.10 Å². The SMILES string of the molecule is CC(C)c1ccc(-c2noc(COC(=O)Cn3nnc4ccccc43)n2)cc1. The average molecular weight is 377 g/mol. The molecule has 0 aliphatic rings. The summed E-state index contributed by atoms with van der Waals surface area (Å²) in [6.45, 7) is 4.14. The van der Waals surface area contributed by atoms with Crippen LogP contribution < -0.4 is 0 Å². The molecule has 0 unspecified atom stereocenters. The van der Waals surface area contributed by atoms with Crippen molar-refractivity contribution in [2.75, 3.05) is 0 Å². The normalized spacial score (nSPS) is 11.2. The number of carbonyl (C=O) groups excluding carboxylic acids is 1. The van der Waals surface area contributed by atoms with Gasteiger partial charge < -0.3 is 9.26 Å². The second-order valence-electron chi connectivity index (χ2n) is 6.68. The summed E-state index contributed by atoms with van der Waals surface area (Å²) in [6.07, 6.45) is 0. The summed E-state index contributed by atoms with van der Waals surface area (Å²) in [5.74, 6) is 0.691. The molecule has 4 aromatic rings. The summed E-state index contributed by atoms with van der Waals surface area (Å²) in [5.41, 5.74) is 3.58. The first kappa shape index (κ1) is 17.8. The number of nitrogens with zero attached hydrogens (tertiary/aromatic N) is 5. The van der Waals surface area contributed by atoms with Crippen LogP contribution >= 0.6 is 0 Å². The largest absolute Gasteiger partial charge is 0.454 e. The monoisotopic (exact) mass is 377 g/mol. The highest BCUT2D eigenvalue weighted by atomic mass is 16.6. The standard InChI is InChI=1S/C20H19N5O3/c1-13(2)14-7-9-15(10-8-14)20-21-18(28-23-20)12-27-19(26)11-25-17-6-4-3-5-16(17)22-24-25/h3-10,13H,11-12H2,1-2H3. The molecule has 8 heteroatoms. The molecule has 2 heterocycles. The van der Waals surface area contributed by atoms with Crippen molar-refractivity contribution in [2.24, 2.45) is 0 Å². The maximum atomic E-state index is 12.1. The molecule has 28 heavy (non-hydrogen) atoms. The van der Waals surface area contributed by atoms with Gasteiger partial charge in [-0.25, -0.2) is 4.68 Å². The van der Waals surface area contributed by atoms with E-state index in [9.17, 15) is 4.79 Å². The minimum Gasteiger partial charge on any atom is -0.454 e. The first-order valence-corrected chi connectivity index (χ1v) is 8.97. The van der Waals surface area contributed by atoms with Crippen LogP contribution in [0.2, 0.25) is 0 Å². The zero-order chi connectivity index (χ0) is 19.5. The van der Waals surface area contributed by atoms with Crippen molar-refractivity contribution >= 4 is 17.0 Å². The Morgan fingerprint density at radius 1 is 1.14 bits per heavy atom. The summed E-state index contributed by atoms with van der Waals surface area (Å²) < 4.78 is 11.9. The molecule has 0 saturated heterocycles. The summed E-state index contributed by atoms with van der Waals surface area (Å²) in [5, 5.41) is 11.9. The van der Waals surface area contributed by atoms with Gasteiger partial charge in [-0.3, -0.25) is 4.79 Å². The van der Waals surface area contributed by atoms with Gasteiger partial charge in [-0.05, 0) is 23.6 Å². The van der Waals surface area contributed by atoms with E-state index < -0.39 is 5.97 Å². The summed E-state index contributed by atoms with van der Waals surface area (Å²) in [4.78, 5) is 16.4. The third-order valence-corrected chi connectivity index (χ3v) is 4.36. The maximum absolute atomic E-state index is 12.1. The van der Waals surface area contributed by atoms with Crippen LogP contribution in [-0.4, -0.2) is 31.1 Å². The Hall–Kier alpha value is -3.55. The van der Waals surface area contributed by atoms with Crippen LogP contribution in [0, 0.1) is 0 Å². The van der Waals surface area contributed by atoms with E-state index in [-0.39, 0.29) is 19.0 Å². The number of aromatic nitrogens is 5. The Morgan fingerprint density at radius 2 is 1.93 bits per heavy atom. The summed E-state index contributed by atoms with van der Waals surface area (Å²) in [6, 6.07) is 15.4. The lowest BCUT2D eigenvalue weighted by Crippen LogP contribution is -2.14. The molecule has 0 fully saturated rings. The molecule has 0 aliphatic carbocycles. The molecule has 0 N–H and O–H groups in total. The number of ether oxygens (including phenoxy) is 1. The molecule has 142 valence electrons. The number of hydrogen-bond acceptors (Lipinski definition) is 7. The fourth-order valence-electron chi connectivity index (χ4n) is 2.79. The first-order chi connectivity index (χ1) is 13.6. The molecule has 0 saturated carbocycles. The Kier molecular flexibility index (Phi) is 4.84. The average Bonchev–Trinajstić information content (AvgIpc) is 3.34. The Labute approximate surface area is 161 Å². The van der Waals surface area contributed by atoms with E-state index in [2.05, 4.69) is 34.3 Å². The molecule has 2 aromatic heterocycles. The van der Waals surface area contributed by atoms with Gasteiger partial charge >= 0.3 is 5.97 Å². The zero-order valence-corrected chi connectivity index (χ0v) is 15.6. The predicted molar refractivity (Wildman–Crippen MR) is 101 cm³/mol. The molecule has 0 amide bonds. The van der Waals surface area contributed by atoms with Crippen LogP contribution in [0.3, 0.4) is 0 Å². The van der Waals surface area contributed by atoms with Crippen LogP contribution in [0.1, 0.15) is 31.2 Å². The number of hydrogen-bond donors (Lipinski definition) is 0. The van der Waals surface area contributed by atoms with Crippen molar-refractivity contribution in [3.8, 4) is 11.4 Å². The summed E-state index contributed by atoms with van der Waals surface area (Å²) >= 11 is 0. The second kappa shape index (κ2) is 7.59. The molecule has 8 nitrogen and oxygen atoms in total.